The minimum atomic E-state index is -1.09. The van der Waals surface area contributed by atoms with Crippen LogP contribution in [0.15, 0.2) is 47.4 Å². The number of hydrogen-bond donors (Lipinski definition) is 2. The molecule has 0 aliphatic heterocycles. The minimum absolute atomic E-state index is 0.0539. The van der Waals surface area contributed by atoms with Crippen molar-refractivity contribution in [3.63, 3.8) is 0 Å². The average Bonchev–Trinajstić information content (AvgIpc) is 3.32. The fourth-order valence-corrected chi connectivity index (χ4v) is 2.58. The third-order valence-corrected chi connectivity index (χ3v) is 3.83. The summed E-state index contributed by atoms with van der Waals surface area (Å²) >= 11 is 0. The van der Waals surface area contributed by atoms with Gasteiger partial charge in [-0.1, -0.05) is 6.07 Å². The normalized spacial score (nSPS) is 11.8. The number of pyridine rings is 1. The van der Waals surface area contributed by atoms with Gasteiger partial charge in [0.1, 0.15) is 5.69 Å². The Morgan fingerprint density at radius 2 is 2.04 bits per heavy atom. The minimum Gasteiger partial charge on any atom is -0.472 e. The van der Waals surface area contributed by atoms with Crippen molar-refractivity contribution < 1.29 is 18.8 Å². The summed E-state index contributed by atoms with van der Waals surface area (Å²) in [4.78, 5) is 40.3. The van der Waals surface area contributed by atoms with Gasteiger partial charge in [0.05, 0.1) is 18.2 Å². The molecule has 3 aromatic heterocycles. The molecule has 26 heavy (non-hydrogen) atoms. The second kappa shape index (κ2) is 7.51. The van der Waals surface area contributed by atoms with E-state index < -0.39 is 23.4 Å². The molecular formula is C17H15N5O4. The van der Waals surface area contributed by atoms with Crippen LogP contribution in [0.25, 0.3) is 11.4 Å². The van der Waals surface area contributed by atoms with Gasteiger partial charge in [-0.3, -0.25) is 19.4 Å². The van der Waals surface area contributed by atoms with Gasteiger partial charge in [-0.2, -0.15) is 15.4 Å². The number of carbonyl (C=O) groups excluding carboxylic acids is 3. The van der Waals surface area contributed by atoms with Crippen LogP contribution in [-0.4, -0.2) is 37.9 Å². The maximum Gasteiger partial charge on any atom is 0.285 e. The summed E-state index contributed by atoms with van der Waals surface area (Å²) in [6, 6.07) is 6.83. The summed E-state index contributed by atoms with van der Waals surface area (Å²) in [5.41, 5.74) is 6.60. The first kappa shape index (κ1) is 17.2. The van der Waals surface area contributed by atoms with E-state index in [-0.39, 0.29) is 24.2 Å². The molecular weight excluding hydrogens is 338 g/mol. The Balaban J connectivity index is 1.83. The van der Waals surface area contributed by atoms with Crippen LogP contribution in [-0.2, 0) is 16.0 Å². The Labute approximate surface area is 147 Å². The molecule has 0 aromatic carbocycles. The van der Waals surface area contributed by atoms with E-state index in [1.807, 2.05) is 0 Å². The molecule has 3 heterocycles. The van der Waals surface area contributed by atoms with Crippen molar-refractivity contribution in [3.05, 3.63) is 54.2 Å². The van der Waals surface area contributed by atoms with Crippen LogP contribution in [0.2, 0.25) is 0 Å². The van der Waals surface area contributed by atoms with Crippen LogP contribution >= 0.6 is 0 Å². The van der Waals surface area contributed by atoms with E-state index in [1.165, 1.54) is 12.5 Å². The van der Waals surface area contributed by atoms with Crippen molar-refractivity contribution in [1.29, 1.82) is 0 Å². The lowest BCUT2D eigenvalue weighted by Crippen LogP contribution is -2.32. The topological polar surface area (TPSA) is 145 Å². The molecule has 0 aliphatic carbocycles. The maximum atomic E-state index is 12.7. The van der Waals surface area contributed by atoms with Gasteiger partial charge >= 0.3 is 0 Å². The monoisotopic (exact) mass is 353 g/mol. The zero-order valence-electron chi connectivity index (χ0n) is 13.6. The van der Waals surface area contributed by atoms with Gasteiger partial charge in [0, 0.05) is 18.5 Å². The largest absolute Gasteiger partial charge is 0.472 e. The van der Waals surface area contributed by atoms with Crippen LogP contribution in [0.3, 0.4) is 0 Å². The fraction of sp³-hybridized carbons (Fsp3) is 0.176. The zero-order chi connectivity index (χ0) is 18.5. The lowest BCUT2D eigenvalue weighted by Gasteiger charge is -2.11. The Bertz CT molecular complexity index is 918. The van der Waals surface area contributed by atoms with Gasteiger partial charge in [-0.05, 0) is 30.2 Å². The highest BCUT2D eigenvalue weighted by Gasteiger charge is 2.29. The van der Waals surface area contributed by atoms with Crippen molar-refractivity contribution in [2.45, 2.75) is 12.8 Å². The lowest BCUT2D eigenvalue weighted by atomic mass is 9.90. The van der Waals surface area contributed by atoms with Crippen LogP contribution in [0.4, 0.5) is 0 Å². The molecule has 1 atom stereocenters. The summed E-state index contributed by atoms with van der Waals surface area (Å²) < 4.78 is 4.96. The second-order valence-electron chi connectivity index (χ2n) is 5.62. The van der Waals surface area contributed by atoms with Gasteiger partial charge in [0.15, 0.2) is 11.5 Å². The number of aromatic nitrogens is 4. The number of ketones is 2. The summed E-state index contributed by atoms with van der Waals surface area (Å²) in [7, 11) is 0. The number of primary amides is 1. The molecule has 0 fully saturated rings. The molecule has 0 bridgehead atoms. The summed E-state index contributed by atoms with van der Waals surface area (Å²) in [5, 5.41) is 10.2. The van der Waals surface area contributed by atoms with E-state index in [9.17, 15) is 14.4 Å². The first-order valence-electron chi connectivity index (χ1n) is 7.76. The quantitative estimate of drug-likeness (QED) is 0.453. The molecule has 0 aliphatic rings. The van der Waals surface area contributed by atoms with E-state index in [0.29, 0.717) is 11.3 Å². The number of Topliss-reactive ketones (excluding diaryl/α,β-unsaturated/α-hetero) is 2. The first-order valence-corrected chi connectivity index (χ1v) is 7.76. The van der Waals surface area contributed by atoms with Crippen molar-refractivity contribution in [2.24, 2.45) is 11.7 Å². The molecule has 0 saturated carbocycles. The molecule has 1 unspecified atom stereocenters. The number of H-pyrrole nitrogens is 1. The number of furan rings is 1. The molecule has 0 saturated heterocycles. The smallest absolute Gasteiger partial charge is 0.285 e. The number of nitrogens with two attached hydrogens (primary N) is 1. The number of hydrogen-bond acceptors (Lipinski definition) is 7. The lowest BCUT2D eigenvalue weighted by molar-refractivity contribution is -0.138. The molecule has 3 N–H and O–H groups in total. The predicted octanol–water partition coefficient (Wildman–Crippen LogP) is 0.946. The van der Waals surface area contributed by atoms with E-state index in [2.05, 4.69) is 20.4 Å². The van der Waals surface area contributed by atoms with Gasteiger partial charge in [0.2, 0.25) is 5.78 Å². The number of carbonyl (C=O) groups is 3. The molecule has 0 radical (unpaired) electrons. The summed E-state index contributed by atoms with van der Waals surface area (Å²) in [6.45, 7) is 0. The Morgan fingerprint density at radius 1 is 1.19 bits per heavy atom. The third-order valence-electron chi connectivity index (χ3n) is 3.83. The molecule has 0 spiro atoms. The fourth-order valence-electron chi connectivity index (χ4n) is 2.58. The second-order valence-corrected chi connectivity index (χ2v) is 5.62. The van der Waals surface area contributed by atoms with E-state index in [4.69, 9.17) is 10.2 Å². The van der Waals surface area contributed by atoms with Crippen LogP contribution in [0.1, 0.15) is 22.5 Å². The van der Waals surface area contributed by atoms with Gasteiger partial charge < -0.3 is 10.2 Å². The van der Waals surface area contributed by atoms with Crippen molar-refractivity contribution >= 4 is 17.5 Å². The summed E-state index contributed by atoms with van der Waals surface area (Å²) in [6.07, 6.45) is 4.37. The zero-order valence-corrected chi connectivity index (χ0v) is 13.6. The number of nitrogens with zero attached hydrogens (tertiary/aromatic N) is 3. The Morgan fingerprint density at radius 3 is 2.69 bits per heavy atom. The SMILES string of the molecule is NC(=O)C(=O)C(CC(=O)c1n[nH]nc1-c1ccccn1)Cc1ccoc1. The van der Waals surface area contributed by atoms with Crippen LogP contribution in [0.5, 0.6) is 0 Å². The number of aromatic amines is 1. The Hall–Kier alpha value is -3.62. The third kappa shape index (κ3) is 3.72. The van der Waals surface area contributed by atoms with Crippen molar-refractivity contribution in [2.75, 3.05) is 0 Å². The molecule has 9 nitrogen and oxygen atoms in total. The molecule has 3 rings (SSSR count). The molecule has 1 amide bonds. The highest BCUT2D eigenvalue weighted by Crippen LogP contribution is 2.21. The van der Waals surface area contributed by atoms with Gasteiger partial charge in [0.25, 0.3) is 5.91 Å². The highest BCUT2D eigenvalue weighted by molar-refractivity contribution is 6.36. The van der Waals surface area contributed by atoms with E-state index in [0.717, 1.165) is 0 Å². The predicted molar refractivity (Wildman–Crippen MR) is 88.7 cm³/mol. The standard InChI is InChI=1S/C17H15N5O4/c18-17(25)16(24)11(7-10-4-6-26-9-10)8-13(23)15-14(20-22-21-15)12-3-1-2-5-19-12/h1-6,9,11H,7-8H2,(H2,18,25)(H,20,21,22). The first-order chi connectivity index (χ1) is 12.6. The van der Waals surface area contributed by atoms with Gasteiger partial charge in [-0.25, -0.2) is 0 Å². The molecule has 132 valence electrons. The Kier molecular flexibility index (Phi) is 4.97. The van der Waals surface area contributed by atoms with E-state index >= 15 is 0 Å². The molecule has 9 heteroatoms. The van der Waals surface area contributed by atoms with Crippen LogP contribution in [0, 0.1) is 5.92 Å². The molecule has 3 aromatic rings. The summed E-state index contributed by atoms with van der Waals surface area (Å²) in [5.74, 6) is -3.26. The highest BCUT2D eigenvalue weighted by atomic mass is 16.3. The number of amides is 1. The van der Waals surface area contributed by atoms with Crippen molar-refractivity contribution in [3.8, 4) is 11.4 Å². The van der Waals surface area contributed by atoms with Crippen LogP contribution < -0.4 is 5.73 Å². The average molecular weight is 353 g/mol. The van der Waals surface area contributed by atoms with E-state index in [1.54, 1.807) is 30.5 Å². The number of rotatable bonds is 8. The number of nitrogens with one attached hydrogen (secondary N) is 1. The maximum absolute atomic E-state index is 12.7. The van der Waals surface area contributed by atoms with Crippen molar-refractivity contribution in [1.82, 2.24) is 20.4 Å². The van der Waals surface area contributed by atoms with Gasteiger partial charge in [-0.15, -0.1) is 0 Å².